The van der Waals surface area contributed by atoms with Crippen molar-refractivity contribution in [2.75, 3.05) is 19.1 Å². The van der Waals surface area contributed by atoms with Crippen LogP contribution in [-0.4, -0.2) is 53.8 Å². The number of nitrogens with zero attached hydrogens (tertiary/aromatic N) is 3. The van der Waals surface area contributed by atoms with Crippen molar-refractivity contribution < 1.29 is 18.3 Å². The van der Waals surface area contributed by atoms with E-state index >= 15 is 0 Å². The summed E-state index contributed by atoms with van der Waals surface area (Å²) in [5.74, 6) is 0.206. The van der Waals surface area contributed by atoms with Gasteiger partial charge >= 0.3 is 0 Å². The Kier molecular flexibility index (Phi) is 4.48. The third kappa shape index (κ3) is 3.17. The molecule has 0 bridgehead atoms. The van der Waals surface area contributed by atoms with Crippen molar-refractivity contribution in [2.45, 2.75) is 43.4 Å². The Balaban J connectivity index is 2.11. The molecule has 1 aromatic rings. The number of nitrogens with two attached hydrogens (primary N) is 1. The number of fused-ring (bicyclic) bond motifs is 1. The minimum atomic E-state index is -3.51. The van der Waals surface area contributed by atoms with Crippen LogP contribution in [0, 0.1) is 0 Å². The predicted octanol–water partition coefficient (Wildman–Crippen LogP) is 1.61. The molecule has 3 N–H and O–H groups in total. The zero-order valence-electron chi connectivity index (χ0n) is 15.2. The zero-order chi connectivity index (χ0) is 19.4. The van der Waals surface area contributed by atoms with E-state index in [0.29, 0.717) is 21.5 Å². The average molecular weight is 399 g/mol. The summed E-state index contributed by atoms with van der Waals surface area (Å²) in [5.41, 5.74) is 6.12. The fraction of sp³-hybridized carbons (Fsp3) is 0.500. The molecule has 2 unspecified atom stereocenters. The van der Waals surface area contributed by atoms with Gasteiger partial charge in [-0.05, 0) is 38.6 Å². The van der Waals surface area contributed by atoms with Crippen LogP contribution < -0.4 is 10.5 Å². The average Bonchev–Trinajstić information content (AvgIpc) is 3.02. The second kappa shape index (κ2) is 6.14. The van der Waals surface area contributed by atoms with Crippen molar-refractivity contribution in [1.82, 2.24) is 5.01 Å². The van der Waals surface area contributed by atoms with E-state index in [0.717, 1.165) is 6.26 Å². The van der Waals surface area contributed by atoms with Gasteiger partial charge in [-0.15, -0.1) is 0 Å². The van der Waals surface area contributed by atoms with E-state index in [4.69, 9.17) is 10.5 Å². The van der Waals surface area contributed by atoms with Gasteiger partial charge in [-0.1, -0.05) is 0 Å². The summed E-state index contributed by atoms with van der Waals surface area (Å²) in [4.78, 5) is 4.66. The summed E-state index contributed by atoms with van der Waals surface area (Å²) < 4.78 is 29.5. The van der Waals surface area contributed by atoms with E-state index < -0.39 is 15.4 Å². The highest BCUT2D eigenvalue weighted by Crippen LogP contribution is 2.44. The molecule has 0 saturated carbocycles. The van der Waals surface area contributed by atoms with Gasteiger partial charge in [0.05, 0.1) is 13.2 Å². The van der Waals surface area contributed by atoms with Crippen molar-refractivity contribution in [2.24, 2.45) is 10.1 Å². The van der Waals surface area contributed by atoms with Gasteiger partial charge in [-0.2, -0.15) is 5.10 Å². The quantitative estimate of drug-likeness (QED) is 0.740. The van der Waals surface area contributed by atoms with Gasteiger partial charge in [0.1, 0.15) is 27.3 Å². The maximum Gasteiger partial charge on any atom is 0.187 e. The molecule has 0 spiro atoms. The lowest BCUT2D eigenvalue weighted by molar-refractivity contribution is 0.155. The predicted molar refractivity (Wildman–Crippen MR) is 103 cm³/mol. The van der Waals surface area contributed by atoms with Crippen LogP contribution in [0.15, 0.2) is 27.1 Å². The molecule has 3 rings (SSSR count). The Bertz CT molecular complexity index is 919. The lowest BCUT2D eigenvalue weighted by Crippen LogP contribution is -2.29. The number of nitrogen functional groups attached to an aromatic ring is 1. The molecule has 2 atom stereocenters. The number of aliphatic hydroxyl groups is 1. The second-order valence-corrected chi connectivity index (χ2v) is 9.85. The van der Waals surface area contributed by atoms with E-state index in [9.17, 15) is 13.5 Å². The molecular weight excluding hydrogens is 376 g/mol. The molecule has 10 heteroatoms. The second-order valence-electron chi connectivity index (χ2n) is 6.91. The number of sulfone groups is 1. The molecule has 0 amide bonds. The van der Waals surface area contributed by atoms with Crippen LogP contribution in [0.2, 0.25) is 0 Å². The van der Waals surface area contributed by atoms with Gasteiger partial charge in [0.25, 0.3) is 0 Å². The Morgan fingerprint density at radius 1 is 1.38 bits per heavy atom. The lowest BCUT2D eigenvalue weighted by Gasteiger charge is -2.25. The number of rotatable bonds is 4. The van der Waals surface area contributed by atoms with E-state index in [-0.39, 0.29) is 22.7 Å². The third-order valence-electron chi connectivity index (χ3n) is 4.23. The summed E-state index contributed by atoms with van der Waals surface area (Å²) in [7, 11) is -2.10. The number of ether oxygens (including phenoxy) is 1. The number of thioether (sulfide) groups is 1. The summed E-state index contributed by atoms with van der Waals surface area (Å²) in [6.07, 6.45) is 1.13. The number of aliphatic imine (C=N–C) groups is 1. The van der Waals surface area contributed by atoms with Crippen LogP contribution in [0.25, 0.3) is 0 Å². The Morgan fingerprint density at radius 2 is 2.04 bits per heavy atom. The first-order valence-electron chi connectivity index (χ1n) is 7.97. The van der Waals surface area contributed by atoms with Crippen LogP contribution in [-0.2, 0) is 9.84 Å². The highest BCUT2D eigenvalue weighted by Gasteiger charge is 2.43. The number of amidine groups is 1. The van der Waals surface area contributed by atoms with Crippen LogP contribution in [0.5, 0.6) is 5.75 Å². The van der Waals surface area contributed by atoms with Crippen molar-refractivity contribution in [3.05, 3.63) is 17.7 Å². The molecule has 2 aliphatic rings. The standard InChI is InChI=1S/C16H22N4O4S2/c1-8-13(20-15(18-8)25-14(19-20)16(2,3)21)9-6-12(26(5,22)23)11(24-4)7-10(9)17/h6-8,13,21H,17H2,1-5H3. The van der Waals surface area contributed by atoms with E-state index in [1.165, 1.54) is 31.0 Å². The van der Waals surface area contributed by atoms with Gasteiger partial charge < -0.3 is 15.6 Å². The molecule has 8 nitrogen and oxygen atoms in total. The van der Waals surface area contributed by atoms with Crippen molar-refractivity contribution in [3.63, 3.8) is 0 Å². The number of hydrogen-bond donors (Lipinski definition) is 2. The lowest BCUT2D eigenvalue weighted by atomic mass is 9.99. The molecule has 142 valence electrons. The summed E-state index contributed by atoms with van der Waals surface area (Å²) in [6.45, 7) is 5.23. The highest BCUT2D eigenvalue weighted by molar-refractivity contribution is 8.27. The van der Waals surface area contributed by atoms with Gasteiger partial charge in [0.15, 0.2) is 15.0 Å². The number of benzene rings is 1. The SMILES string of the molecule is COc1cc(N)c(C2C(C)N=C3SC(C(C)(C)O)=NN32)cc1S(C)(=O)=O. The fourth-order valence-corrected chi connectivity index (χ4v) is 4.81. The number of hydrazone groups is 1. The summed E-state index contributed by atoms with van der Waals surface area (Å²) >= 11 is 1.31. The van der Waals surface area contributed by atoms with E-state index in [1.54, 1.807) is 18.9 Å². The first-order valence-corrected chi connectivity index (χ1v) is 10.7. The van der Waals surface area contributed by atoms with Gasteiger partial charge in [0, 0.05) is 23.6 Å². The third-order valence-corrected chi connectivity index (χ3v) is 6.60. The molecule has 0 aromatic heterocycles. The van der Waals surface area contributed by atoms with E-state index in [1.807, 2.05) is 6.92 Å². The fourth-order valence-electron chi connectivity index (χ4n) is 2.95. The summed E-state index contributed by atoms with van der Waals surface area (Å²) in [5, 5.41) is 17.6. The molecule has 1 aromatic carbocycles. The molecular formula is C16H22N4O4S2. The molecule has 2 heterocycles. The van der Waals surface area contributed by atoms with Crippen LogP contribution in [0.4, 0.5) is 5.69 Å². The molecule has 0 fully saturated rings. The topological polar surface area (TPSA) is 118 Å². The molecule has 2 aliphatic heterocycles. The summed E-state index contributed by atoms with van der Waals surface area (Å²) in [6, 6.07) is 2.52. The molecule has 0 aliphatic carbocycles. The molecule has 0 saturated heterocycles. The Hall–Kier alpha value is -1.78. The minimum Gasteiger partial charge on any atom is -0.495 e. The van der Waals surface area contributed by atoms with Crippen molar-refractivity contribution in [1.29, 1.82) is 0 Å². The molecule has 0 radical (unpaired) electrons. The first kappa shape index (κ1) is 19.0. The van der Waals surface area contributed by atoms with Crippen LogP contribution >= 0.6 is 11.8 Å². The maximum atomic E-state index is 12.2. The molecule has 26 heavy (non-hydrogen) atoms. The Morgan fingerprint density at radius 3 is 2.58 bits per heavy atom. The van der Waals surface area contributed by atoms with Gasteiger partial charge in [-0.25, -0.2) is 13.4 Å². The zero-order valence-corrected chi connectivity index (χ0v) is 16.8. The largest absolute Gasteiger partial charge is 0.495 e. The van der Waals surface area contributed by atoms with Crippen molar-refractivity contribution >= 4 is 37.5 Å². The Labute approximate surface area is 157 Å². The van der Waals surface area contributed by atoms with E-state index in [2.05, 4.69) is 10.1 Å². The first-order chi connectivity index (χ1) is 11.9. The minimum absolute atomic E-state index is 0.0726. The maximum absolute atomic E-state index is 12.2. The normalized spacial score (nSPS) is 22.9. The highest BCUT2D eigenvalue weighted by atomic mass is 32.2. The smallest absolute Gasteiger partial charge is 0.187 e. The van der Waals surface area contributed by atoms with Crippen LogP contribution in [0.1, 0.15) is 32.4 Å². The monoisotopic (exact) mass is 398 g/mol. The number of hydrogen-bond acceptors (Lipinski definition) is 9. The number of anilines is 1. The van der Waals surface area contributed by atoms with Gasteiger partial charge in [-0.3, -0.25) is 4.99 Å². The van der Waals surface area contributed by atoms with Crippen molar-refractivity contribution in [3.8, 4) is 5.75 Å². The van der Waals surface area contributed by atoms with Gasteiger partial charge in [0.2, 0.25) is 0 Å². The number of methoxy groups -OCH3 is 1. The van der Waals surface area contributed by atoms with Crippen LogP contribution in [0.3, 0.4) is 0 Å².